The summed E-state index contributed by atoms with van der Waals surface area (Å²) in [5.41, 5.74) is 6.69. The van der Waals surface area contributed by atoms with Crippen molar-refractivity contribution in [2.45, 2.75) is 57.7 Å². The summed E-state index contributed by atoms with van der Waals surface area (Å²) in [6.07, 6.45) is 0.369. The molecule has 122 valence electrons. The first-order valence-corrected chi connectivity index (χ1v) is 7.77. The normalized spacial score (nSPS) is 14.9. The average Bonchev–Trinajstić information content (AvgIpc) is 2.52. The number of carbonyl (C=O) groups is 2. The van der Waals surface area contributed by atoms with E-state index in [2.05, 4.69) is 5.32 Å². The van der Waals surface area contributed by atoms with Gasteiger partial charge >= 0.3 is 0 Å². The molecule has 22 heavy (non-hydrogen) atoms. The van der Waals surface area contributed by atoms with Crippen LogP contribution in [0.25, 0.3) is 0 Å². The van der Waals surface area contributed by atoms with Gasteiger partial charge in [0.15, 0.2) is 5.78 Å². The van der Waals surface area contributed by atoms with Crippen LogP contribution in [-0.2, 0) is 9.59 Å². The number of nitrogens with two attached hydrogens (primary N) is 1. The van der Waals surface area contributed by atoms with E-state index in [1.807, 2.05) is 44.2 Å². The number of nitrogens with one attached hydrogen (secondary N) is 1. The summed E-state index contributed by atoms with van der Waals surface area (Å²) in [5, 5.41) is 12.7. The Morgan fingerprint density at radius 1 is 1.23 bits per heavy atom. The smallest absolute Gasteiger partial charge is 0.220 e. The molecule has 1 aromatic rings. The number of rotatable bonds is 9. The molecule has 0 aromatic heterocycles. The van der Waals surface area contributed by atoms with Crippen molar-refractivity contribution in [2.24, 2.45) is 5.73 Å². The lowest BCUT2D eigenvalue weighted by molar-refractivity contribution is -0.129. The van der Waals surface area contributed by atoms with Crippen molar-refractivity contribution in [3.8, 4) is 0 Å². The summed E-state index contributed by atoms with van der Waals surface area (Å²) in [4.78, 5) is 23.7. The molecule has 0 aliphatic rings. The lowest BCUT2D eigenvalue weighted by Crippen LogP contribution is -2.39. The van der Waals surface area contributed by atoms with Gasteiger partial charge in [-0.2, -0.15) is 0 Å². The number of aliphatic hydroxyl groups is 1. The van der Waals surface area contributed by atoms with E-state index in [4.69, 9.17) is 5.73 Å². The van der Waals surface area contributed by atoms with Gasteiger partial charge in [0, 0.05) is 6.42 Å². The Bertz CT molecular complexity index is 476. The van der Waals surface area contributed by atoms with Gasteiger partial charge in [0.1, 0.15) is 6.10 Å². The third kappa shape index (κ3) is 5.95. The zero-order valence-electron chi connectivity index (χ0n) is 13.3. The fourth-order valence-corrected chi connectivity index (χ4v) is 2.25. The molecule has 0 aliphatic heterocycles. The molecule has 5 heteroatoms. The minimum absolute atomic E-state index is 0.100. The van der Waals surface area contributed by atoms with Crippen molar-refractivity contribution < 1.29 is 14.7 Å². The van der Waals surface area contributed by atoms with E-state index < -0.39 is 12.1 Å². The van der Waals surface area contributed by atoms with E-state index in [1.165, 1.54) is 0 Å². The molecule has 0 saturated heterocycles. The summed E-state index contributed by atoms with van der Waals surface area (Å²) < 4.78 is 0. The van der Waals surface area contributed by atoms with Gasteiger partial charge < -0.3 is 16.2 Å². The van der Waals surface area contributed by atoms with Crippen molar-refractivity contribution in [3.05, 3.63) is 35.9 Å². The Labute approximate surface area is 131 Å². The third-order valence-corrected chi connectivity index (χ3v) is 3.62. The van der Waals surface area contributed by atoms with Crippen molar-refractivity contribution in [3.63, 3.8) is 0 Å². The maximum absolute atomic E-state index is 11.9. The highest BCUT2D eigenvalue weighted by Crippen LogP contribution is 2.12. The van der Waals surface area contributed by atoms with E-state index in [0.717, 1.165) is 12.0 Å². The van der Waals surface area contributed by atoms with Gasteiger partial charge in [0.05, 0.1) is 12.1 Å². The van der Waals surface area contributed by atoms with Gasteiger partial charge in [-0.3, -0.25) is 9.59 Å². The number of hydrogen-bond acceptors (Lipinski definition) is 4. The Morgan fingerprint density at radius 2 is 1.86 bits per heavy atom. The van der Waals surface area contributed by atoms with Crippen LogP contribution >= 0.6 is 0 Å². The Hall–Kier alpha value is -1.72. The van der Waals surface area contributed by atoms with E-state index in [9.17, 15) is 14.7 Å². The predicted molar refractivity (Wildman–Crippen MR) is 86.1 cm³/mol. The summed E-state index contributed by atoms with van der Waals surface area (Å²) in [6.45, 7) is 3.82. The summed E-state index contributed by atoms with van der Waals surface area (Å²) in [6, 6.07) is 8.86. The minimum Gasteiger partial charge on any atom is -0.385 e. The molecule has 0 saturated carbocycles. The van der Waals surface area contributed by atoms with Crippen LogP contribution in [0.4, 0.5) is 0 Å². The standard InChI is InChI=1S/C17H26N2O3/c1-3-7-14(18)17(22)15(20)10-11-16(21)19-12(2)13-8-5-4-6-9-13/h4-6,8-9,12,14-15,20H,3,7,10-11,18H2,1-2H3,(H,19,21)/t12-,14?,15-/m1/s1. The topological polar surface area (TPSA) is 92.4 Å². The number of benzene rings is 1. The second-order valence-corrected chi connectivity index (χ2v) is 5.55. The van der Waals surface area contributed by atoms with Gasteiger partial charge in [-0.05, 0) is 25.3 Å². The molecule has 1 unspecified atom stereocenters. The predicted octanol–water partition coefficient (Wildman–Crippen LogP) is 1.70. The maximum Gasteiger partial charge on any atom is 0.220 e. The maximum atomic E-state index is 11.9. The van der Waals surface area contributed by atoms with Gasteiger partial charge in [-0.25, -0.2) is 0 Å². The first-order valence-electron chi connectivity index (χ1n) is 7.77. The van der Waals surface area contributed by atoms with Gasteiger partial charge in [-0.1, -0.05) is 43.7 Å². The molecule has 1 amide bonds. The fourth-order valence-electron chi connectivity index (χ4n) is 2.25. The number of Topliss-reactive ketones (excluding diaryl/α,β-unsaturated/α-hetero) is 1. The molecular weight excluding hydrogens is 280 g/mol. The van der Waals surface area contributed by atoms with Crippen LogP contribution < -0.4 is 11.1 Å². The molecule has 1 rings (SSSR count). The van der Waals surface area contributed by atoms with E-state index in [1.54, 1.807) is 0 Å². The monoisotopic (exact) mass is 306 g/mol. The summed E-state index contributed by atoms with van der Waals surface area (Å²) in [5.74, 6) is -0.571. The van der Waals surface area contributed by atoms with Crippen molar-refractivity contribution >= 4 is 11.7 Å². The van der Waals surface area contributed by atoms with Gasteiger partial charge in [0.25, 0.3) is 0 Å². The fraction of sp³-hybridized carbons (Fsp3) is 0.529. The Morgan fingerprint density at radius 3 is 2.45 bits per heavy atom. The highest BCUT2D eigenvalue weighted by Gasteiger charge is 2.22. The zero-order chi connectivity index (χ0) is 16.5. The van der Waals surface area contributed by atoms with Crippen molar-refractivity contribution in [1.29, 1.82) is 0 Å². The SMILES string of the molecule is CCCC(N)C(=O)[C@H](O)CCC(=O)N[C@H](C)c1ccccc1. The first-order chi connectivity index (χ1) is 10.5. The number of ketones is 1. The summed E-state index contributed by atoms with van der Waals surface area (Å²) in [7, 11) is 0. The molecule has 0 aliphatic carbocycles. The number of amides is 1. The van der Waals surface area contributed by atoms with Crippen LogP contribution in [0.1, 0.15) is 51.1 Å². The second kappa shape index (κ2) is 9.33. The van der Waals surface area contributed by atoms with Crippen LogP contribution in [0.5, 0.6) is 0 Å². The highest BCUT2D eigenvalue weighted by atomic mass is 16.3. The molecule has 4 N–H and O–H groups in total. The molecule has 0 heterocycles. The molecule has 0 bridgehead atoms. The molecule has 3 atom stereocenters. The molecule has 0 spiro atoms. The lowest BCUT2D eigenvalue weighted by atomic mass is 10.0. The highest BCUT2D eigenvalue weighted by molar-refractivity contribution is 5.88. The number of carbonyl (C=O) groups excluding carboxylic acids is 2. The molecular formula is C17H26N2O3. The number of aliphatic hydroxyl groups excluding tert-OH is 1. The molecule has 0 fully saturated rings. The zero-order valence-corrected chi connectivity index (χ0v) is 13.3. The number of hydrogen-bond donors (Lipinski definition) is 3. The van der Waals surface area contributed by atoms with Crippen molar-refractivity contribution in [2.75, 3.05) is 0 Å². The second-order valence-electron chi connectivity index (χ2n) is 5.55. The molecule has 1 aromatic carbocycles. The third-order valence-electron chi connectivity index (χ3n) is 3.62. The average molecular weight is 306 g/mol. The molecule has 0 radical (unpaired) electrons. The first kappa shape index (κ1) is 18.3. The van der Waals surface area contributed by atoms with Crippen LogP contribution in [0.2, 0.25) is 0 Å². The molecule has 5 nitrogen and oxygen atoms in total. The lowest BCUT2D eigenvalue weighted by Gasteiger charge is -2.16. The largest absolute Gasteiger partial charge is 0.385 e. The van der Waals surface area contributed by atoms with Crippen LogP contribution in [0, 0.1) is 0 Å². The quantitative estimate of drug-likeness (QED) is 0.647. The van der Waals surface area contributed by atoms with Gasteiger partial charge in [0.2, 0.25) is 5.91 Å². The van der Waals surface area contributed by atoms with Crippen LogP contribution in [0.3, 0.4) is 0 Å². The van der Waals surface area contributed by atoms with E-state index in [0.29, 0.717) is 6.42 Å². The van der Waals surface area contributed by atoms with Crippen LogP contribution in [-0.4, -0.2) is 28.9 Å². The van der Waals surface area contributed by atoms with Crippen LogP contribution in [0.15, 0.2) is 30.3 Å². The van der Waals surface area contributed by atoms with E-state index >= 15 is 0 Å². The Kier molecular flexibility index (Phi) is 7.77. The Balaban J connectivity index is 2.38. The minimum atomic E-state index is -1.17. The van der Waals surface area contributed by atoms with Crippen molar-refractivity contribution in [1.82, 2.24) is 5.32 Å². The summed E-state index contributed by atoms with van der Waals surface area (Å²) >= 11 is 0. The van der Waals surface area contributed by atoms with E-state index in [-0.39, 0.29) is 30.6 Å². The van der Waals surface area contributed by atoms with Gasteiger partial charge in [-0.15, -0.1) is 0 Å².